The van der Waals surface area contributed by atoms with Crippen molar-refractivity contribution in [3.63, 3.8) is 0 Å². The highest BCUT2D eigenvalue weighted by Crippen LogP contribution is 2.16. The summed E-state index contributed by atoms with van der Waals surface area (Å²) >= 11 is 0. The maximum absolute atomic E-state index is 12.9. The van der Waals surface area contributed by atoms with Crippen molar-refractivity contribution in [1.29, 1.82) is 0 Å². The number of carbonyl (C=O) groups excluding carboxylic acids is 3. The lowest BCUT2D eigenvalue weighted by molar-refractivity contribution is -0.167. The molecule has 0 aromatic carbocycles. The second-order valence-electron chi connectivity index (χ2n) is 22.0. The van der Waals surface area contributed by atoms with E-state index in [1.165, 1.54) is 161 Å². The molecule has 0 N–H and O–H groups in total. The first kappa shape index (κ1) is 74.3. The van der Waals surface area contributed by atoms with Gasteiger partial charge in [0.15, 0.2) is 6.10 Å². The molecule has 0 saturated carbocycles. The molecule has 6 heteroatoms. The zero-order valence-electron chi connectivity index (χ0n) is 51.4. The topological polar surface area (TPSA) is 78.9 Å². The quantitative estimate of drug-likeness (QED) is 0.0261. The number of ether oxygens (including phenoxy) is 3. The van der Waals surface area contributed by atoms with E-state index in [9.17, 15) is 14.4 Å². The number of allylic oxidation sites excluding steroid dienone is 16. The minimum atomic E-state index is -0.786. The van der Waals surface area contributed by atoms with E-state index in [1.54, 1.807) is 0 Å². The van der Waals surface area contributed by atoms with Crippen molar-refractivity contribution in [2.45, 2.75) is 329 Å². The Bertz CT molecular complexity index is 1530. The number of rotatable bonds is 60. The van der Waals surface area contributed by atoms with Crippen molar-refractivity contribution in [3.05, 3.63) is 97.2 Å². The summed E-state index contributed by atoms with van der Waals surface area (Å²) in [6, 6.07) is 0. The third-order valence-corrected chi connectivity index (χ3v) is 14.3. The summed E-state index contributed by atoms with van der Waals surface area (Å²) in [4.78, 5) is 38.3. The van der Waals surface area contributed by atoms with Crippen LogP contribution in [0.25, 0.3) is 0 Å². The van der Waals surface area contributed by atoms with Crippen LogP contribution in [-0.4, -0.2) is 37.2 Å². The molecule has 1 atom stereocenters. The van der Waals surface area contributed by atoms with Crippen molar-refractivity contribution in [2.75, 3.05) is 13.2 Å². The number of hydrogen-bond acceptors (Lipinski definition) is 6. The molecule has 448 valence electrons. The van der Waals surface area contributed by atoms with E-state index in [2.05, 4.69) is 118 Å². The van der Waals surface area contributed by atoms with Crippen LogP contribution in [0, 0.1) is 0 Å². The maximum Gasteiger partial charge on any atom is 0.306 e. The second kappa shape index (κ2) is 65.8. The van der Waals surface area contributed by atoms with Crippen LogP contribution in [-0.2, 0) is 28.6 Å². The summed E-state index contributed by atoms with van der Waals surface area (Å²) in [6.45, 7) is 6.53. The average molecular weight is 1090 g/mol. The van der Waals surface area contributed by atoms with Gasteiger partial charge in [-0.05, 0) is 103 Å². The van der Waals surface area contributed by atoms with E-state index >= 15 is 0 Å². The normalized spacial score (nSPS) is 12.7. The van der Waals surface area contributed by atoms with Gasteiger partial charge >= 0.3 is 17.9 Å². The van der Waals surface area contributed by atoms with Crippen LogP contribution in [0.15, 0.2) is 97.2 Å². The van der Waals surface area contributed by atoms with Crippen LogP contribution in [0.1, 0.15) is 323 Å². The van der Waals surface area contributed by atoms with E-state index in [0.29, 0.717) is 19.3 Å². The highest BCUT2D eigenvalue weighted by atomic mass is 16.6. The Labute approximate surface area is 483 Å². The molecular formula is C72H124O6. The average Bonchev–Trinajstić information content (AvgIpc) is 3.44. The molecule has 0 aromatic rings. The third kappa shape index (κ3) is 63.2. The van der Waals surface area contributed by atoms with Gasteiger partial charge in [-0.15, -0.1) is 0 Å². The number of esters is 3. The fraction of sp³-hybridized carbons (Fsp3) is 0.736. The molecule has 0 aromatic heterocycles. The largest absolute Gasteiger partial charge is 0.462 e. The summed E-state index contributed by atoms with van der Waals surface area (Å²) in [7, 11) is 0. The van der Waals surface area contributed by atoms with E-state index in [-0.39, 0.29) is 31.1 Å². The summed E-state index contributed by atoms with van der Waals surface area (Å²) in [5.41, 5.74) is 0. The molecule has 0 spiro atoms. The molecule has 0 amide bonds. The molecule has 0 aliphatic rings. The molecule has 1 unspecified atom stereocenters. The van der Waals surface area contributed by atoms with Gasteiger partial charge in [0.1, 0.15) is 13.2 Å². The first-order valence-electron chi connectivity index (χ1n) is 33.2. The summed E-state index contributed by atoms with van der Waals surface area (Å²) < 4.78 is 16.9. The predicted octanol–water partition coefficient (Wildman–Crippen LogP) is 22.8. The van der Waals surface area contributed by atoms with Crippen molar-refractivity contribution in [3.8, 4) is 0 Å². The Morgan fingerprint density at radius 1 is 0.269 bits per heavy atom. The van der Waals surface area contributed by atoms with Gasteiger partial charge in [0.25, 0.3) is 0 Å². The molecule has 0 fully saturated rings. The van der Waals surface area contributed by atoms with E-state index in [0.717, 1.165) is 122 Å². The van der Waals surface area contributed by atoms with Crippen LogP contribution in [0.3, 0.4) is 0 Å². The van der Waals surface area contributed by atoms with Crippen LogP contribution in [0.2, 0.25) is 0 Å². The Hall–Kier alpha value is -3.67. The van der Waals surface area contributed by atoms with Crippen molar-refractivity contribution in [2.24, 2.45) is 0 Å². The Morgan fingerprint density at radius 3 is 0.795 bits per heavy atom. The van der Waals surface area contributed by atoms with Gasteiger partial charge < -0.3 is 14.2 Å². The van der Waals surface area contributed by atoms with Gasteiger partial charge in [0.2, 0.25) is 0 Å². The SMILES string of the molecule is CC/C=C\C/C=C\C/C=C\C/C=C\C/C=C\C/C=C\C/C=C\CCCCCCCC(=O)OCC(COC(=O)CCCCCCCCCCCC)OC(=O)CCCCCCCCCCCCC/C=C\CCCCCCCCCC. The van der Waals surface area contributed by atoms with E-state index in [1.807, 2.05) is 0 Å². The maximum atomic E-state index is 12.9. The molecular weight excluding hydrogens is 961 g/mol. The fourth-order valence-corrected chi connectivity index (χ4v) is 9.36. The van der Waals surface area contributed by atoms with Gasteiger partial charge in [0.05, 0.1) is 0 Å². The lowest BCUT2D eigenvalue weighted by Gasteiger charge is -2.18. The predicted molar refractivity (Wildman–Crippen MR) is 339 cm³/mol. The first-order chi connectivity index (χ1) is 38.5. The third-order valence-electron chi connectivity index (χ3n) is 14.3. The number of carbonyl (C=O) groups is 3. The lowest BCUT2D eigenvalue weighted by atomic mass is 10.0. The highest BCUT2D eigenvalue weighted by Gasteiger charge is 2.19. The minimum absolute atomic E-state index is 0.0814. The van der Waals surface area contributed by atoms with Gasteiger partial charge in [-0.25, -0.2) is 0 Å². The standard InChI is InChI=1S/C72H124O6/c1-4-7-10-13-16-19-22-24-26-28-30-32-34-35-36-37-39-40-42-44-46-48-50-53-56-59-62-65-71(74)77-68-69(67-76-70(73)64-61-58-55-52-21-18-15-12-9-6-3)78-72(75)66-63-60-57-54-51-49-47-45-43-41-38-33-31-29-27-25-23-20-17-14-11-8-5-2/h7,10,16,19,24,26,29-32,35-36,39-40,44,46,69H,4-6,8-9,11-15,17-18,20-23,25,27-28,33-34,37-38,41-43,45,47-68H2,1-3H3/b10-7-,19-16-,26-24-,31-29-,32-30-,36-35-,40-39-,46-44-. The van der Waals surface area contributed by atoms with E-state index < -0.39 is 6.10 Å². The van der Waals surface area contributed by atoms with Crippen LogP contribution < -0.4 is 0 Å². The molecule has 6 nitrogen and oxygen atoms in total. The monoisotopic (exact) mass is 1080 g/mol. The lowest BCUT2D eigenvalue weighted by Crippen LogP contribution is -2.30. The molecule has 0 aliphatic heterocycles. The highest BCUT2D eigenvalue weighted by molar-refractivity contribution is 5.71. The zero-order chi connectivity index (χ0) is 56.4. The molecule has 0 aliphatic carbocycles. The van der Waals surface area contributed by atoms with Gasteiger partial charge in [0, 0.05) is 19.3 Å². The van der Waals surface area contributed by atoms with Crippen LogP contribution >= 0.6 is 0 Å². The smallest absolute Gasteiger partial charge is 0.306 e. The fourth-order valence-electron chi connectivity index (χ4n) is 9.36. The summed E-state index contributed by atoms with van der Waals surface area (Å²) in [6.07, 6.45) is 88.5. The number of hydrogen-bond donors (Lipinski definition) is 0. The molecule has 0 bridgehead atoms. The Morgan fingerprint density at radius 2 is 0.500 bits per heavy atom. The van der Waals surface area contributed by atoms with E-state index in [4.69, 9.17) is 14.2 Å². The summed E-state index contributed by atoms with van der Waals surface area (Å²) in [5, 5.41) is 0. The second-order valence-corrected chi connectivity index (χ2v) is 22.0. The van der Waals surface area contributed by atoms with Crippen molar-refractivity contribution in [1.82, 2.24) is 0 Å². The van der Waals surface area contributed by atoms with Gasteiger partial charge in [-0.2, -0.15) is 0 Å². The molecule has 78 heavy (non-hydrogen) atoms. The van der Waals surface area contributed by atoms with Gasteiger partial charge in [-0.1, -0.05) is 298 Å². The Kier molecular flexibility index (Phi) is 62.7. The molecule has 0 heterocycles. The van der Waals surface area contributed by atoms with Crippen LogP contribution in [0.5, 0.6) is 0 Å². The Balaban J connectivity index is 4.29. The van der Waals surface area contributed by atoms with Crippen molar-refractivity contribution >= 4 is 17.9 Å². The molecule has 0 saturated heterocycles. The number of unbranched alkanes of at least 4 members (excludes halogenated alkanes) is 33. The van der Waals surface area contributed by atoms with Gasteiger partial charge in [-0.3, -0.25) is 14.4 Å². The van der Waals surface area contributed by atoms with Crippen LogP contribution in [0.4, 0.5) is 0 Å². The molecule has 0 radical (unpaired) electrons. The first-order valence-corrected chi connectivity index (χ1v) is 33.2. The minimum Gasteiger partial charge on any atom is -0.462 e. The molecule has 0 rings (SSSR count). The zero-order valence-corrected chi connectivity index (χ0v) is 51.4. The summed E-state index contributed by atoms with van der Waals surface area (Å²) in [5.74, 6) is -0.892. The van der Waals surface area contributed by atoms with Crippen molar-refractivity contribution < 1.29 is 28.6 Å².